The molecule has 0 radical (unpaired) electrons. The van der Waals surface area contributed by atoms with Gasteiger partial charge in [0.15, 0.2) is 0 Å². The van der Waals surface area contributed by atoms with Gasteiger partial charge in [-0.05, 0) is 17.7 Å². The van der Waals surface area contributed by atoms with E-state index in [0.717, 1.165) is 11.8 Å². The third-order valence-electron chi connectivity index (χ3n) is 1.38. The molecule has 0 spiro atoms. The van der Waals surface area contributed by atoms with Gasteiger partial charge in [0.2, 0.25) is 0 Å². The number of aldehydes is 1. The Morgan fingerprint density at radius 3 is 2.82 bits per heavy atom. The van der Waals surface area contributed by atoms with E-state index in [1.807, 2.05) is 0 Å². The van der Waals surface area contributed by atoms with Crippen LogP contribution in [0.1, 0.15) is 5.56 Å². The van der Waals surface area contributed by atoms with E-state index >= 15 is 0 Å². The molecule has 58 valence electrons. The molecule has 0 saturated carbocycles. The predicted octanol–water partition coefficient (Wildman–Crippen LogP) is 1.66. The van der Waals surface area contributed by atoms with Crippen molar-refractivity contribution in [3.8, 4) is 0 Å². The third-order valence-corrected chi connectivity index (χ3v) is 1.73. The predicted molar refractivity (Wildman–Crippen MR) is 45.6 cm³/mol. The van der Waals surface area contributed by atoms with Gasteiger partial charge in [-0.3, -0.25) is 0 Å². The SMILES string of the molecule is Nc1ccc(CC=O)c(Cl)c1. The first-order chi connectivity index (χ1) is 5.24. The van der Waals surface area contributed by atoms with E-state index in [9.17, 15) is 4.79 Å². The Bertz CT molecular complexity index is 273. The van der Waals surface area contributed by atoms with E-state index in [1.165, 1.54) is 0 Å². The number of carbonyl (C=O) groups excluding carboxylic acids is 1. The van der Waals surface area contributed by atoms with Gasteiger partial charge in [-0.1, -0.05) is 17.7 Å². The second kappa shape index (κ2) is 3.39. The minimum absolute atomic E-state index is 0.346. The second-order valence-electron chi connectivity index (χ2n) is 2.22. The summed E-state index contributed by atoms with van der Waals surface area (Å²) in [5.74, 6) is 0. The molecular formula is C8H8ClNO. The average Bonchev–Trinajstić information content (AvgIpc) is 1.95. The molecule has 0 aliphatic carbocycles. The average molecular weight is 170 g/mol. The number of carbonyl (C=O) groups is 1. The molecule has 0 fully saturated rings. The lowest BCUT2D eigenvalue weighted by Gasteiger charge is -1.99. The standard InChI is InChI=1S/C8H8ClNO/c9-8-5-7(10)2-1-6(8)3-4-11/h1-2,4-5H,3,10H2. The molecule has 0 amide bonds. The van der Waals surface area contributed by atoms with Crippen LogP contribution in [0.15, 0.2) is 18.2 Å². The third kappa shape index (κ3) is 1.95. The van der Waals surface area contributed by atoms with Gasteiger partial charge in [0.05, 0.1) is 0 Å². The number of halogens is 1. The van der Waals surface area contributed by atoms with Crippen LogP contribution in [0.4, 0.5) is 5.69 Å². The lowest BCUT2D eigenvalue weighted by Crippen LogP contribution is -1.90. The van der Waals surface area contributed by atoms with Crippen LogP contribution in [0.2, 0.25) is 5.02 Å². The summed E-state index contributed by atoms with van der Waals surface area (Å²) in [7, 11) is 0. The van der Waals surface area contributed by atoms with Crippen molar-refractivity contribution in [3.05, 3.63) is 28.8 Å². The van der Waals surface area contributed by atoms with Gasteiger partial charge in [0.25, 0.3) is 0 Å². The number of hydrogen-bond donors (Lipinski definition) is 1. The molecule has 0 aliphatic rings. The normalized spacial score (nSPS) is 9.55. The number of anilines is 1. The van der Waals surface area contributed by atoms with Gasteiger partial charge in [0.1, 0.15) is 6.29 Å². The molecule has 2 nitrogen and oxygen atoms in total. The fourth-order valence-corrected chi connectivity index (χ4v) is 1.09. The van der Waals surface area contributed by atoms with Crippen LogP contribution >= 0.6 is 11.6 Å². The van der Waals surface area contributed by atoms with Crippen molar-refractivity contribution in [2.75, 3.05) is 5.73 Å². The van der Waals surface area contributed by atoms with E-state index in [-0.39, 0.29) is 0 Å². The van der Waals surface area contributed by atoms with E-state index in [1.54, 1.807) is 18.2 Å². The molecule has 11 heavy (non-hydrogen) atoms. The second-order valence-corrected chi connectivity index (χ2v) is 2.63. The Morgan fingerprint density at radius 2 is 2.27 bits per heavy atom. The summed E-state index contributed by atoms with van der Waals surface area (Å²) in [6.45, 7) is 0. The minimum atomic E-state index is 0.346. The summed E-state index contributed by atoms with van der Waals surface area (Å²) in [6.07, 6.45) is 1.16. The number of nitrogens with two attached hydrogens (primary N) is 1. The van der Waals surface area contributed by atoms with Crippen LogP contribution in [0.5, 0.6) is 0 Å². The Morgan fingerprint density at radius 1 is 1.55 bits per heavy atom. The van der Waals surface area contributed by atoms with E-state index in [0.29, 0.717) is 17.1 Å². The molecule has 0 unspecified atom stereocenters. The highest BCUT2D eigenvalue weighted by atomic mass is 35.5. The highest BCUT2D eigenvalue weighted by Gasteiger charge is 1.98. The van der Waals surface area contributed by atoms with Crippen LogP contribution in [0.25, 0.3) is 0 Å². The first-order valence-electron chi connectivity index (χ1n) is 3.21. The first kappa shape index (κ1) is 8.08. The van der Waals surface area contributed by atoms with Crippen LogP contribution < -0.4 is 5.73 Å². The maximum atomic E-state index is 10.1. The van der Waals surface area contributed by atoms with Crippen molar-refractivity contribution < 1.29 is 4.79 Å². The highest BCUT2D eigenvalue weighted by Crippen LogP contribution is 2.18. The topological polar surface area (TPSA) is 43.1 Å². The fourth-order valence-electron chi connectivity index (χ4n) is 0.819. The van der Waals surface area contributed by atoms with Gasteiger partial charge >= 0.3 is 0 Å². The molecule has 0 aliphatic heterocycles. The maximum absolute atomic E-state index is 10.1. The summed E-state index contributed by atoms with van der Waals surface area (Å²) < 4.78 is 0. The molecule has 2 N–H and O–H groups in total. The zero-order valence-corrected chi connectivity index (χ0v) is 6.64. The van der Waals surface area contributed by atoms with Crippen molar-refractivity contribution in [3.63, 3.8) is 0 Å². The van der Waals surface area contributed by atoms with Crippen LogP contribution in [0, 0.1) is 0 Å². The summed E-state index contributed by atoms with van der Waals surface area (Å²) in [4.78, 5) is 10.1. The number of benzene rings is 1. The molecule has 1 rings (SSSR count). The highest BCUT2D eigenvalue weighted by molar-refractivity contribution is 6.31. The first-order valence-corrected chi connectivity index (χ1v) is 3.59. The Balaban J connectivity index is 2.98. The lowest BCUT2D eigenvalue weighted by atomic mass is 10.1. The van der Waals surface area contributed by atoms with E-state index < -0.39 is 0 Å². The Kier molecular flexibility index (Phi) is 2.49. The van der Waals surface area contributed by atoms with Crippen molar-refractivity contribution >= 4 is 23.6 Å². The van der Waals surface area contributed by atoms with Gasteiger partial charge in [-0.25, -0.2) is 0 Å². The quantitative estimate of drug-likeness (QED) is 0.541. The molecular weight excluding hydrogens is 162 g/mol. The maximum Gasteiger partial charge on any atom is 0.124 e. The molecule has 1 aromatic rings. The van der Waals surface area contributed by atoms with Gasteiger partial charge < -0.3 is 10.5 Å². The van der Waals surface area contributed by atoms with Gasteiger partial charge in [-0.2, -0.15) is 0 Å². The molecule has 0 heterocycles. The number of hydrogen-bond acceptors (Lipinski definition) is 2. The Hall–Kier alpha value is -1.02. The smallest absolute Gasteiger partial charge is 0.124 e. The number of rotatable bonds is 2. The zero-order chi connectivity index (χ0) is 8.27. The van der Waals surface area contributed by atoms with Crippen molar-refractivity contribution in [1.82, 2.24) is 0 Å². The summed E-state index contributed by atoms with van der Waals surface area (Å²) >= 11 is 5.77. The van der Waals surface area contributed by atoms with Crippen LogP contribution in [0.3, 0.4) is 0 Å². The van der Waals surface area contributed by atoms with Crippen molar-refractivity contribution in [2.24, 2.45) is 0 Å². The lowest BCUT2D eigenvalue weighted by molar-refractivity contribution is -0.107. The van der Waals surface area contributed by atoms with Crippen molar-refractivity contribution in [2.45, 2.75) is 6.42 Å². The van der Waals surface area contributed by atoms with Crippen molar-refractivity contribution in [1.29, 1.82) is 0 Å². The van der Waals surface area contributed by atoms with Gasteiger partial charge in [0, 0.05) is 17.1 Å². The summed E-state index contributed by atoms with van der Waals surface area (Å²) in [5.41, 5.74) is 6.88. The molecule has 1 aromatic carbocycles. The molecule has 0 bridgehead atoms. The molecule has 3 heteroatoms. The Labute approximate surface area is 70.0 Å². The van der Waals surface area contributed by atoms with Gasteiger partial charge in [-0.15, -0.1) is 0 Å². The molecule has 0 saturated heterocycles. The van der Waals surface area contributed by atoms with Crippen LogP contribution in [-0.2, 0) is 11.2 Å². The summed E-state index contributed by atoms with van der Waals surface area (Å²) in [5, 5.41) is 0.553. The van der Waals surface area contributed by atoms with E-state index in [2.05, 4.69) is 0 Å². The van der Waals surface area contributed by atoms with Crippen LogP contribution in [-0.4, -0.2) is 6.29 Å². The largest absolute Gasteiger partial charge is 0.399 e. The zero-order valence-electron chi connectivity index (χ0n) is 5.88. The number of nitrogen functional groups attached to an aromatic ring is 1. The molecule has 0 atom stereocenters. The van der Waals surface area contributed by atoms with E-state index in [4.69, 9.17) is 17.3 Å². The minimum Gasteiger partial charge on any atom is -0.399 e. The fraction of sp³-hybridized carbons (Fsp3) is 0.125. The summed E-state index contributed by atoms with van der Waals surface area (Å²) in [6, 6.07) is 5.12. The monoisotopic (exact) mass is 169 g/mol. The molecule has 0 aromatic heterocycles.